The van der Waals surface area contributed by atoms with Crippen LogP contribution in [-0.4, -0.2) is 0 Å². The van der Waals surface area contributed by atoms with E-state index in [1.807, 2.05) is 6.92 Å². The van der Waals surface area contributed by atoms with Crippen molar-refractivity contribution in [2.45, 2.75) is 19.4 Å². The van der Waals surface area contributed by atoms with Gasteiger partial charge in [0, 0.05) is 5.56 Å². The summed E-state index contributed by atoms with van der Waals surface area (Å²) >= 11 is 12.0. The van der Waals surface area contributed by atoms with Crippen LogP contribution in [0.3, 0.4) is 0 Å². The molecule has 0 aromatic heterocycles. The van der Waals surface area contributed by atoms with E-state index in [0.29, 0.717) is 17.7 Å². The molecule has 0 aliphatic carbocycles. The molecule has 1 unspecified atom stereocenters. The molecule has 0 bridgehead atoms. The number of rotatable bonds is 4. The zero-order valence-electron chi connectivity index (χ0n) is 10.8. The molecular formula is C15H13Cl2F2N. The predicted octanol–water partition coefficient (Wildman–Crippen LogP) is 5.83. The summed E-state index contributed by atoms with van der Waals surface area (Å²) in [5, 5.41) is 3.42. The van der Waals surface area contributed by atoms with Crippen LogP contribution >= 0.6 is 23.2 Å². The second-order valence-corrected chi connectivity index (χ2v) is 5.19. The fourth-order valence-corrected chi connectivity index (χ4v) is 2.58. The van der Waals surface area contributed by atoms with Gasteiger partial charge in [-0.05, 0) is 24.6 Å². The fraction of sp³-hybridized carbons (Fsp3) is 0.200. The predicted molar refractivity (Wildman–Crippen MR) is 79.5 cm³/mol. The molecule has 1 N–H and O–H groups in total. The van der Waals surface area contributed by atoms with E-state index in [4.69, 9.17) is 23.2 Å². The minimum atomic E-state index is -0.510. The summed E-state index contributed by atoms with van der Waals surface area (Å²) < 4.78 is 27.0. The standard InChI is InChI=1S/C15H13Cl2F2N/c1-2-14(10-5-3-4-6-13(10)19)20-15-11(16)7-9(18)8-12(15)17/h3-8,14,20H,2H2,1H3. The van der Waals surface area contributed by atoms with E-state index >= 15 is 0 Å². The molecule has 1 nitrogen and oxygen atoms in total. The molecule has 2 rings (SSSR count). The molecule has 0 saturated carbocycles. The highest BCUT2D eigenvalue weighted by Gasteiger charge is 2.17. The Hall–Kier alpha value is -1.32. The highest BCUT2D eigenvalue weighted by molar-refractivity contribution is 6.39. The molecule has 0 aliphatic heterocycles. The summed E-state index contributed by atoms with van der Waals surface area (Å²) in [6.45, 7) is 1.91. The van der Waals surface area contributed by atoms with Crippen LogP contribution in [0.1, 0.15) is 24.9 Å². The minimum Gasteiger partial charge on any atom is -0.376 e. The van der Waals surface area contributed by atoms with Gasteiger partial charge >= 0.3 is 0 Å². The topological polar surface area (TPSA) is 12.0 Å². The van der Waals surface area contributed by atoms with Gasteiger partial charge in [-0.25, -0.2) is 8.78 Å². The van der Waals surface area contributed by atoms with Crippen molar-refractivity contribution < 1.29 is 8.78 Å². The van der Waals surface area contributed by atoms with Crippen LogP contribution in [0, 0.1) is 11.6 Å². The quantitative estimate of drug-likeness (QED) is 0.748. The molecule has 0 heterocycles. The summed E-state index contributed by atoms with van der Waals surface area (Å²) in [7, 11) is 0. The van der Waals surface area contributed by atoms with Crippen LogP contribution in [0.2, 0.25) is 10.0 Å². The third-order valence-corrected chi connectivity index (χ3v) is 3.61. The van der Waals surface area contributed by atoms with Gasteiger partial charge < -0.3 is 5.32 Å². The molecule has 106 valence electrons. The maximum atomic E-state index is 13.8. The summed E-state index contributed by atoms with van der Waals surface area (Å²) in [4.78, 5) is 0. The van der Waals surface area contributed by atoms with Crippen LogP contribution in [0.15, 0.2) is 36.4 Å². The molecule has 1 atom stereocenters. The van der Waals surface area contributed by atoms with Crippen LogP contribution < -0.4 is 5.32 Å². The molecule has 2 aromatic rings. The Morgan fingerprint density at radius 1 is 1.10 bits per heavy atom. The first kappa shape index (κ1) is 15.1. The molecule has 5 heteroatoms. The maximum absolute atomic E-state index is 13.8. The largest absolute Gasteiger partial charge is 0.376 e. The van der Waals surface area contributed by atoms with Crippen molar-refractivity contribution in [2.24, 2.45) is 0 Å². The average Bonchev–Trinajstić information content (AvgIpc) is 2.39. The van der Waals surface area contributed by atoms with Crippen molar-refractivity contribution in [3.05, 3.63) is 63.6 Å². The molecule has 2 aromatic carbocycles. The molecule has 0 spiro atoms. The van der Waals surface area contributed by atoms with Gasteiger partial charge in [-0.1, -0.05) is 48.3 Å². The zero-order valence-corrected chi connectivity index (χ0v) is 12.3. The summed E-state index contributed by atoms with van der Waals surface area (Å²) in [5.74, 6) is -0.814. The highest BCUT2D eigenvalue weighted by atomic mass is 35.5. The maximum Gasteiger partial charge on any atom is 0.128 e. The number of nitrogens with one attached hydrogen (secondary N) is 1. The van der Waals surface area contributed by atoms with Crippen molar-refractivity contribution in [1.29, 1.82) is 0 Å². The zero-order chi connectivity index (χ0) is 14.7. The van der Waals surface area contributed by atoms with Crippen LogP contribution in [0.4, 0.5) is 14.5 Å². The first-order valence-electron chi connectivity index (χ1n) is 6.18. The molecule has 0 fully saturated rings. The number of hydrogen-bond donors (Lipinski definition) is 1. The third-order valence-electron chi connectivity index (χ3n) is 3.01. The van der Waals surface area contributed by atoms with Gasteiger partial charge in [-0.2, -0.15) is 0 Å². The van der Waals surface area contributed by atoms with Gasteiger partial charge in [0.15, 0.2) is 0 Å². The average molecular weight is 316 g/mol. The lowest BCUT2D eigenvalue weighted by atomic mass is 10.0. The van der Waals surface area contributed by atoms with Crippen molar-refractivity contribution in [3.8, 4) is 0 Å². The van der Waals surface area contributed by atoms with Crippen molar-refractivity contribution in [2.75, 3.05) is 5.32 Å². The summed E-state index contributed by atoms with van der Waals surface area (Å²) in [5.41, 5.74) is 0.927. The Bertz CT molecular complexity index is 594. The van der Waals surface area contributed by atoms with Gasteiger partial charge in [0.25, 0.3) is 0 Å². The Labute approximate surface area is 126 Å². The lowest BCUT2D eigenvalue weighted by Crippen LogP contribution is -2.12. The first-order chi connectivity index (χ1) is 9.52. The number of halogens is 4. The Morgan fingerprint density at radius 2 is 1.70 bits per heavy atom. The second-order valence-electron chi connectivity index (χ2n) is 4.37. The first-order valence-corrected chi connectivity index (χ1v) is 6.94. The number of benzene rings is 2. The molecule has 0 aliphatic rings. The molecule has 0 amide bonds. The fourth-order valence-electron chi connectivity index (χ4n) is 2.01. The molecule has 0 radical (unpaired) electrons. The van der Waals surface area contributed by atoms with E-state index in [1.165, 1.54) is 18.2 Å². The van der Waals surface area contributed by atoms with Crippen molar-refractivity contribution >= 4 is 28.9 Å². The van der Waals surface area contributed by atoms with Gasteiger partial charge in [0.2, 0.25) is 0 Å². The summed E-state index contributed by atoms with van der Waals surface area (Å²) in [6, 6.07) is 8.53. The lowest BCUT2D eigenvalue weighted by Gasteiger charge is -2.21. The van der Waals surface area contributed by atoms with E-state index in [9.17, 15) is 8.78 Å². The van der Waals surface area contributed by atoms with Crippen LogP contribution in [-0.2, 0) is 0 Å². The minimum absolute atomic E-state index is 0.171. The van der Waals surface area contributed by atoms with E-state index < -0.39 is 5.82 Å². The monoisotopic (exact) mass is 315 g/mol. The lowest BCUT2D eigenvalue weighted by molar-refractivity contribution is 0.587. The van der Waals surface area contributed by atoms with E-state index in [0.717, 1.165) is 0 Å². The molecular weight excluding hydrogens is 303 g/mol. The van der Waals surface area contributed by atoms with E-state index in [-0.39, 0.29) is 21.9 Å². The van der Waals surface area contributed by atoms with E-state index in [2.05, 4.69) is 5.32 Å². The second kappa shape index (κ2) is 6.42. The Kier molecular flexibility index (Phi) is 4.84. The molecule has 0 saturated heterocycles. The van der Waals surface area contributed by atoms with Gasteiger partial charge in [0.1, 0.15) is 11.6 Å². The SMILES string of the molecule is CCC(Nc1c(Cl)cc(F)cc1Cl)c1ccccc1F. The van der Waals surface area contributed by atoms with Gasteiger partial charge in [-0.3, -0.25) is 0 Å². The van der Waals surface area contributed by atoms with Gasteiger partial charge in [0.05, 0.1) is 21.8 Å². The van der Waals surface area contributed by atoms with Crippen molar-refractivity contribution in [1.82, 2.24) is 0 Å². The number of anilines is 1. The third kappa shape index (κ3) is 3.22. The smallest absolute Gasteiger partial charge is 0.128 e. The van der Waals surface area contributed by atoms with Crippen molar-refractivity contribution in [3.63, 3.8) is 0 Å². The number of hydrogen-bond acceptors (Lipinski definition) is 1. The summed E-state index contributed by atoms with van der Waals surface area (Å²) in [6.07, 6.45) is 0.630. The molecule has 20 heavy (non-hydrogen) atoms. The highest BCUT2D eigenvalue weighted by Crippen LogP contribution is 2.35. The normalized spacial score (nSPS) is 12.2. The Balaban J connectivity index is 2.35. The van der Waals surface area contributed by atoms with E-state index in [1.54, 1.807) is 18.2 Å². The van der Waals surface area contributed by atoms with Crippen LogP contribution in [0.5, 0.6) is 0 Å². The van der Waals surface area contributed by atoms with Crippen LogP contribution in [0.25, 0.3) is 0 Å². The van der Waals surface area contributed by atoms with Gasteiger partial charge in [-0.15, -0.1) is 0 Å². The Morgan fingerprint density at radius 3 is 2.25 bits per heavy atom.